The fourth-order valence-electron chi connectivity index (χ4n) is 8.79. The van der Waals surface area contributed by atoms with E-state index in [1.807, 2.05) is 0 Å². The number of benzene rings is 1. The quantitative estimate of drug-likeness (QED) is 0.858. The second kappa shape index (κ2) is 5.17. The fraction of sp³-hybridized carbons (Fsp3) is 0.708. The largest absolute Gasteiger partial charge is 0.353 e. The molecule has 0 aliphatic heterocycles. The predicted molar refractivity (Wildman–Crippen MR) is 106 cm³/mol. The first kappa shape index (κ1) is 16.6. The lowest BCUT2D eigenvalue weighted by Crippen LogP contribution is -2.73. The third-order valence-corrected chi connectivity index (χ3v) is 9.85. The second-order valence-electron chi connectivity index (χ2n) is 10.7. The highest BCUT2D eigenvalue weighted by Crippen LogP contribution is 2.90. The molecule has 0 radical (unpaired) electrons. The Morgan fingerprint density at radius 2 is 1.74 bits per heavy atom. The number of carbonyl (C=O) groups is 1. The molecule has 3 N–H and O–H groups in total. The van der Waals surface area contributed by atoms with Crippen molar-refractivity contribution >= 4 is 5.91 Å². The Morgan fingerprint density at radius 1 is 1.04 bits per heavy atom. The number of amides is 1. The number of hydrogen-bond acceptors (Lipinski definition) is 2. The van der Waals surface area contributed by atoms with Crippen LogP contribution in [0.2, 0.25) is 0 Å². The van der Waals surface area contributed by atoms with Gasteiger partial charge in [0.1, 0.15) is 0 Å². The Hall–Kier alpha value is -1.35. The minimum Gasteiger partial charge on any atom is -0.353 e. The molecule has 5 aliphatic rings. The van der Waals surface area contributed by atoms with Crippen molar-refractivity contribution in [1.82, 2.24) is 5.32 Å². The molecular weight excluding hydrogens is 332 g/mol. The number of nitrogens with one attached hydrogen (secondary N) is 1. The van der Waals surface area contributed by atoms with E-state index in [9.17, 15) is 4.79 Å². The molecule has 0 heterocycles. The van der Waals surface area contributed by atoms with Crippen LogP contribution in [0.1, 0.15) is 63.9 Å². The van der Waals surface area contributed by atoms with Crippen molar-refractivity contribution in [1.29, 1.82) is 0 Å². The molecule has 1 spiro atoms. The van der Waals surface area contributed by atoms with E-state index in [1.165, 1.54) is 12.0 Å². The average molecular weight is 365 g/mol. The summed E-state index contributed by atoms with van der Waals surface area (Å²) in [6, 6.07) is 11.9. The summed E-state index contributed by atoms with van der Waals surface area (Å²) in [5, 5.41) is 3.49. The Balaban J connectivity index is 1.31. The van der Waals surface area contributed by atoms with E-state index in [4.69, 9.17) is 5.73 Å². The van der Waals surface area contributed by atoms with Crippen molar-refractivity contribution in [2.24, 2.45) is 34.3 Å². The summed E-state index contributed by atoms with van der Waals surface area (Å²) < 4.78 is 0. The molecule has 144 valence electrons. The summed E-state index contributed by atoms with van der Waals surface area (Å²) in [5.41, 5.74) is 8.17. The zero-order valence-electron chi connectivity index (χ0n) is 16.4. The smallest absolute Gasteiger partial charge is 0.226 e. The van der Waals surface area contributed by atoms with Crippen LogP contribution in [0.3, 0.4) is 0 Å². The topological polar surface area (TPSA) is 55.1 Å². The van der Waals surface area contributed by atoms with Crippen LogP contribution in [-0.4, -0.2) is 18.0 Å². The van der Waals surface area contributed by atoms with Crippen LogP contribution >= 0.6 is 0 Å². The zero-order chi connectivity index (χ0) is 18.4. The van der Waals surface area contributed by atoms with Gasteiger partial charge in [-0.2, -0.15) is 0 Å². The van der Waals surface area contributed by atoms with Gasteiger partial charge in [-0.1, -0.05) is 37.3 Å². The van der Waals surface area contributed by atoms with Gasteiger partial charge in [-0.25, -0.2) is 0 Å². The number of nitrogens with two attached hydrogens (primary N) is 1. The molecule has 0 saturated heterocycles. The van der Waals surface area contributed by atoms with E-state index < -0.39 is 0 Å². The maximum Gasteiger partial charge on any atom is 0.226 e. The summed E-state index contributed by atoms with van der Waals surface area (Å²) in [5.74, 6) is 2.80. The van der Waals surface area contributed by atoms with E-state index in [0.717, 1.165) is 62.7 Å². The van der Waals surface area contributed by atoms with Gasteiger partial charge in [0.25, 0.3) is 0 Å². The molecule has 3 heteroatoms. The zero-order valence-corrected chi connectivity index (χ0v) is 16.4. The summed E-state index contributed by atoms with van der Waals surface area (Å²) in [4.78, 5) is 13.6. The summed E-state index contributed by atoms with van der Waals surface area (Å²) >= 11 is 0. The highest BCUT2D eigenvalue weighted by molar-refractivity contribution is 5.85. The molecule has 5 saturated carbocycles. The van der Waals surface area contributed by atoms with E-state index in [-0.39, 0.29) is 10.8 Å². The minimum atomic E-state index is -0.112. The van der Waals surface area contributed by atoms with Gasteiger partial charge in [-0.15, -0.1) is 0 Å². The monoisotopic (exact) mass is 364 g/mol. The predicted octanol–water partition coefficient (Wildman–Crippen LogP) is 3.77. The fourth-order valence-corrected chi connectivity index (χ4v) is 8.79. The third kappa shape index (κ3) is 1.81. The van der Waals surface area contributed by atoms with Crippen molar-refractivity contribution in [2.75, 3.05) is 0 Å². The molecule has 2 bridgehead atoms. The molecule has 6 unspecified atom stereocenters. The summed E-state index contributed by atoms with van der Waals surface area (Å²) in [6.07, 6.45) is 8.89. The Labute approximate surface area is 162 Å². The van der Waals surface area contributed by atoms with Crippen LogP contribution in [0.5, 0.6) is 0 Å². The molecule has 1 aromatic rings. The van der Waals surface area contributed by atoms with Gasteiger partial charge in [0.05, 0.1) is 5.41 Å². The van der Waals surface area contributed by atoms with Gasteiger partial charge in [0, 0.05) is 17.5 Å². The maximum absolute atomic E-state index is 13.6. The number of rotatable bonds is 3. The van der Waals surface area contributed by atoms with Crippen LogP contribution in [0.15, 0.2) is 30.3 Å². The summed E-state index contributed by atoms with van der Waals surface area (Å²) in [6.45, 7) is 2.45. The first-order valence-corrected chi connectivity index (χ1v) is 11.1. The van der Waals surface area contributed by atoms with Crippen LogP contribution < -0.4 is 11.1 Å². The number of fused-ring (bicyclic) bond motifs is 1. The van der Waals surface area contributed by atoms with Gasteiger partial charge in [-0.3, -0.25) is 4.79 Å². The van der Waals surface area contributed by atoms with Crippen molar-refractivity contribution < 1.29 is 4.79 Å². The van der Waals surface area contributed by atoms with Crippen molar-refractivity contribution in [2.45, 2.75) is 75.8 Å². The summed E-state index contributed by atoms with van der Waals surface area (Å²) in [7, 11) is 0. The molecule has 6 rings (SSSR count). The van der Waals surface area contributed by atoms with Crippen molar-refractivity contribution in [3.8, 4) is 0 Å². The lowest BCUT2D eigenvalue weighted by molar-refractivity contribution is -0.243. The van der Waals surface area contributed by atoms with Crippen molar-refractivity contribution in [3.05, 3.63) is 35.9 Å². The molecule has 1 amide bonds. The van der Waals surface area contributed by atoms with E-state index in [2.05, 4.69) is 42.6 Å². The first-order valence-electron chi connectivity index (χ1n) is 11.1. The number of hydrogen-bond donors (Lipinski definition) is 2. The van der Waals surface area contributed by atoms with Crippen molar-refractivity contribution in [3.63, 3.8) is 0 Å². The van der Waals surface area contributed by atoms with Gasteiger partial charge in [0.2, 0.25) is 5.91 Å². The van der Waals surface area contributed by atoms with Gasteiger partial charge >= 0.3 is 0 Å². The minimum absolute atomic E-state index is 0.112. The third-order valence-electron chi connectivity index (χ3n) is 9.85. The molecule has 5 aliphatic carbocycles. The molecule has 27 heavy (non-hydrogen) atoms. The Bertz CT molecular complexity index is 785. The van der Waals surface area contributed by atoms with Gasteiger partial charge in [-0.05, 0) is 80.1 Å². The first-order chi connectivity index (χ1) is 13.0. The number of carbonyl (C=O) groups excluding carboxylic acids is 1. The average Bonchev–Trinajstić information content (AvgIpc) is 3.15. The van der Waals surface area contributed by atoms with Crippen LogP contribution in [0.4, 0.5) is 0 Å². The normalized spacial score (nSPS) is 51.9. The van der Waals surface area contributed by atoms with Crippen LogP contribution in [-0.2, 0) is 10.2 Å². The molecular formula is C24H32N2O. The highest BCUT2D eigenvalue weighted by atomic mass is 16.2. The van der Waals surface area contributed by atoms with Gasteiger partial charge < -0.3 is 11.1 Å². The second-order valence-corrected chi connectivity index (χ2v) is 10.7. The Morgan fingerprint density at radius 3 is 2.48 bits per heavy atom. The molecule has 5 fully saturated rings. The Kier molecular flexibility index (Phi) is 3.18. The lowest BCUT2D eigenvalue weighted by atomic mass is 9.27. The van der Waals surface area contributed by atoms with Gasteiger partial charge in [0.15, 0.2) is 0 Å². The van der Waals surface area contributed by atoms with Crippen LogP contribution in [0, 0.1) is 28.6 Å². The molecule has 6 atom stereocenters. The van der Waals surface area contributed by atoms with E-state index in [0.29, 0.717) is 23.4 Å². The standard InChI is InChI=1S/C24H32N2O/c1-15-19-11-22(21(27)26-18-9-7-17(25)8-10-18)13-23(16-5-3-2-4-6-16)12-20(15)24(19,23)14-22/h2-6,15,17-20H,7-14,25H2,1H3,(H,26,27)/t15?,17-,18-,19?,20?,22?,23?,24?. The lowest BCUT2D eigenvalue weighted by Gasteiger charge is -2.76. The maximum atomic E-state index is 13.6. The SMILES string of the molecule is CC1C2CC3(C(=O)N[C@H]4CC[C@H](N)CC4)CC4(c5ccccc5)CC1C24C3. The van der Waals surface area contributed by atoms with E-state index >= 15 is 0 Å². The van der Waals surface area contributed by atoms with Crippen LogP contribution in [0.25, 0.3) is 0 Å². The highest BCUT2D eigenvalue weighted by Gasteiger charge is 2.87. The van der Waals surface area contributed by atoms with E-state index in [1.54, 1.807) is 0 Å². The molecule has 1 aromatic carbocycles. The molecule has 0 aromatic heterocycles. The molecule has 3 nitrogen and oxygen atoms in total.